The van der Waals surface area contributed by atoms with Crippen LogP contribution in [0.4, 0.5) is 4.39 Å². The molecular weight excluding hydrogens is 205 g/mol. The van der Waals surface area contributed by atoms with Gasteiger partial charge in [0.1, 0.15) is 5.82 Å². The first-order valence-corrected chi connectivity index (χ1v) is 5.77. The normalized spacial score (nSPS) is 12.8. The molecule has 0 aliphatic carbocycles. The maximum Gasteiger partial charge on any atom is 0.126 e. The van der Waals surface area contributed by atoms with Gasteiger partial charge in [0, 0.05) is 13.1 Å². The number of aryl methyl sites for hydroxylation is 1. The van der Waals surface area contributed by atoms with Gasteiger partial charge in [0.05, 0.1) is 6.10 Å². The van der Waals surface area contributed by atoms with Crippen LogP contribution >= 0.6 is 0 Å². The third-order valence-electron chi connectivity index (χ3n) is 2.55. The van der Waals surface area contributed by atoms with Crippen molar-refractivity contribution in [3.8, 4) is 0 Å². The Morgan fingerprint density at radius 2 is 2.19 bits per heavy atom. The van der Waals surface area contributed by atoms with E-state index >= 15 is 0 Å². The Kier molecular flexibility index (Phi) is 5.43. The molecule has 1 rings (SSSR count). The van der Waals surface area contributed by atoms with Gasteiger partial charge < -0.3 is 10.4 Å². The van der Waals surface area contributed by atoms with E-state index in [0.717, 1.165) is 18.4 Å². The highest BCUT2D eigenvalue weighted by Gasteiger charge is 2.02. The quantitative estimate of drug-likeness (QED) is 0.779. The molecule has 0 saturated carbocycles. The van der Waals surface area contributed by atoms with Crippen molar-refractivity contribution in [2.75, 3.05) is 6.54 Å². The standard InChI is InChI=1S/C13H20FNO/c1-3-4-12(16)9-15-8-11-5-6-13(14)10(2)7-11/h5-7,12,15-16H,3-4,8-9H2,1-2H3. The Morgan fingerprint density at radius 1 is 1.44 bits per heavy atom. The van der Waals surface area contributed by atoms with Gasteiger partial charge in [0.15, 0.2) is 0 Å². The summed E-state index contributed by atoms with van der Waals surface area (Å²) in [6, 6.07) is 5.07. The first kappa shape index (κ1) is 13.1. The lowest BCUT2D eigenvalue weighted by molar-refractivity contribution is 0.160. The second kappa shape index (κ2) is 6.61. The lowest BCUT2D eigenvalue weighted by Crippen LogP contribution is -2.26. The highest BCUT2D eigenvalue weighted by Crippen LogP contribution is 2.08. The lowest BCUT2D eigenvalue weighted by atomic mass is 10.1. The van der Waals surface area contributed by atoms with E-state index in [2.05, 4.69) is 5.32 Å². The van der Waals surface area contributed by atoms with Crippen LogP contribution in [0.15, 0.2) is 18.2 Å². The molecular formula is C13H20FNO. The first-order chi connectivity index (χ1) is 7.63. The van der Waals surface area contributed by atoms with E-state index in [-0.39, 0.29) is 11.9 Å². The van der Waals surface area contributed by atoms with Gasteiger partial charge >= 0.3 is 0 Å². The molecule has 0 spiro atoms. The largest absolute Gasteiger partial charge is 0.392 e. The minimum atomic E-state index is -0.286. The zero-order chi connectivity index (χ0) is 12.0. The van der Waals surface area contributed by atoms with Gasteiger partial charge in [-0.3, -0.25) is 0 Å². The van der Waals surface area contributed by atoms with E-state index in [0.29, 0.717) is 18.7 Å². The van der Waals surface area contributed by atoms with Crippen LogP contribution in [0.3, 0.4) is 0 Å². The van der Waals surface area contributed by atoms with Gasteiger partial charge in [-0.15, -0.1) is 0 Å². The van der Waals surface area contributed by atoms with Gasteiger partial charge in [-0.2, -0.15) is 0 Å². The maximum absolute atomic E-state index is 13.0. The van der Waals surface area contributed by atoms with E-state index in [9.17, 15) is 9.50 Å². The summed E-state index contributed by atoms with van der Waals surface area (Å²) in [6.45, 7) is 5.06. The van der Waals surface area contributed by atoms with Gasteiger partial charge in [-0.1, -0.05) is 25.5 Å². The van der Waals surface area contributed by atoms with Gasteiger partial charge in [0.25, 0.3) is 0 Å². The Bertz CT molecular complexity index is 328. The topological polar surface area (TPSA) is 32.3 Å². The van der Waals surface area contributed by atoms with Gasteiger partial charge in [-0.05, 0) is 30.5 Å². The third kappa shape index (κ3) is 4.29. The van der Waals surface area contributed by atoms with Crippen LogP contribution in [0.25, 0.3) is 0 Å². The number of rotatable bonds is 6. The molecule has 0 aliphatic heterocycles. The molecule has 1 aromatic rings. The van der Waals surface area contributed by atoms with Crippen LogP contribution in [-0.4, -0.2) is 17.8 Å². The van der Waals surface area contributed by atoms with Crippen LogP contribution in [-0.2, 0) is 6.54 Å². The maximum atomic E-state index is 13.0. The zero-order valence-electron chi connectivity index (χ0n) is 9.96. The molecule has 0 heterocycles. The second-order valence-corrected chi connectivity index (χ2v) is 4.16. The van der Waals surface area contributed by atoms with E-state index in [1.807, 2.05) is 13.0 Å². The first-order valence-electron chi connectivity index (χ1n) is 5.77. The van der Waals surface area contributed by atoms with E-state index in [1.54, 1.807) is 13.0 Å². The van der Waals surface area contributed by atoms with Crippen molar-refractivity contribution >= 4 is 0 Å². The van der Waals surface area contributed by atoms with Crippen molar-refractivity contribution in [1.29, 1.82) is 0 Å². The fourth-order valence-electron chi connectivity index (χ4n) is 1.64. The van der Waals surface area contributed by atoms with Gasteiger partial charge in [-0.25, -0.2) is 4.39 Å². The van der Waals surface area contributed by atoms with Crippen LogP contribution in [0.5, 0.6) is 0 Å². The summed E-state index contributed by atoms with van der Waals surface area (Å²) in [4.78, 5) is 0. The molecule has 0 fully saturated rings. The molecule has 0 aromatic heterocycles. The Morgan fingerprint density at radius 3 is 2.81 bits per heavy atom. The van der Waals surface area contributed by atoms with Crippen LogP contribution in [0, 0.1) is 12.7 Å². The fraction of sp³-hybridized carbons (Fsp3) is 0.538. The van der Waals surface area contributed by atoms with E-state index in [4.69, 9.17) is 0 Å². The minimum absolute atomic E-state index is 0.172. The monoisotopic (exact) mass is 225 g/mol. The molecule has 1 unspecified atom stereocenters. The summed E-state index contributed by atoms with van der Waals surface area (Å²) < 4.78 is 13.0. The van der Waals surface area contributed by atoms with Crippen molar-refractivity contribution in [3.05, 3.63) is 35.1 Å². The smallest absolute Gasteiger partial charge is 0.126 e. The molecule has 0 bridgehead atoms. The van der Waals surface area contributed by atoms with Crippen molar-refractivity contribution in [2.45, 2.75) is 39.3 Å². The molecule has 0 amide bonds. The average molecular weight is 225 g/mol. The van der Waals surface area contributed by atoms with E-state index < -0.39 is 0 Å². The summed E-state index contributed by atoms with van der Waals surface area (Å²) >= 11 is 0. The van der Waals surface area contributed by atoms with Crippen LogP contribution < -0.4 is 5.32 Å². The zero-order valence-corrected chi connectivity index (χ0v) is 9.96. The summed E-state index contributed by atoms with van der Waals surface area (Å²) in [5.74, 6) is -0.172. The molecule has 0 saturated heterocycles. The van der Waals surface area contributed by atoms with Crippen molar-refractivity contribution in [2.24, 2.45) is 0 Å². The van der Waals surface area contributed by atoms with Crippen molar-refractivity contribution in [3.63, 3.8) is 0 Å². The van der Waals surface area contributed by atoms with Crippen molar-refractivity contribution in [1.82, 2.24) is 5.32 Å². The molecule has 2 nitrogen and oxygen atoms in total. The Hall–Kier alpha value is -0.930. The van der Waals surface area contributed by atoms with Crippen LogP contribution in [0.2, 0.25) is 0 Å². The van der Waals surface area contributed by atoms with Gasteiger partial charge in [0.2, 0.25) is 0 Å². The molecule has 3 heteroatoms. The number of halogens is 1. The molecule has 16 heavy (non-hydrogen) atoms. The molecule has 1 atom stereocenters. The third-order valence-corrected chi connectivity index (χ3v) is 2.55. The SMILES string of the molecule is CCCC(O)CNCc1ccc(F)c(C)c1. The summed E-state index contributed by atoms with van der Waals surface area (Å²) in [5, 5.41) is 12.7. The Balaban J connectivity index is 2.34. The highest BCUT2D eigenvalue weighted by atomic mass is 19.1. The minimum Gasteiger partial charge on any atom is -0.392 e. The highest BCUT2D eigenvalue weighted by molar-refractivity contribution is 5.23. The fourth-order valence-corrected chi connectivity index (χ4v) is 1.64. The van der Waals surface area contributed by atoms with Crippen molar-refractivity contribution < 1.29 is 9.50 Å². The molecule has 0 aliphatic rings. The molecule has 1 aromatic carbocycles. The molecule has 90 valence electrons. The number of benzene rings is 1. The number of aliphatic hydroxyl groups is 1. The average Bonchev–Trinajstić information content (AvgIpc) is 2.24. The summed E-state index contributed by atoms with van der Waals surface area (Å²) in [6.07, 6.45) is 1.51. The van der Waals surface area contributed by atoms with E-state index in [1.165, 1.54) is 6.07 Å². The predicted molar refractivity (Wildman–Crippen MR) is 63.8 cm³/mol. The second-order valence-electron chi connectivity index (χ2n) is 4.16. The summed E-state index contributed by atoms with van der Waals surface area (Å²) in [7, 11) is 0. The summed E-state index contributed by atoms with van der Waals surface area (Å²) in [5.41, 5.74) is 1.70. The predicted octanol–water partition coefficient (Wildman–Crippen LogP) is 2.38. The molecule has 0 radical (unpaired) electrons. The number of hydrogen-bond acceptors (Lipinski definition) is 2. The number of nitrogens with one attached hydrogen (secondary N) is 1. The number of hydrogen-bond donors (Lipinski definition) is 2. The lowest BCUT2D eigenvalue weighted by Gasteiger charge is -2.11. The molecule has 2 N–H and O–H groups in total. The Labute approximate surface area is 96.5 Å². The van der Waals surface area contributed by atoms with Crippen LogP contribution in [0.1, 0.15) is 30.9 Å². The number of aliphatic hydroxyl groups excluding tert-OH is 1.